The van der Waals surface area contributed by atoms with Crippen LogP contribution in [0.2, 0.25) is 0 Å². The van der Waals surface area contributed by atoms with Gasteiger partial charge in [-0.1, -0.05) is 13.8 Å². The van der Waals surface area contributed by atoms with Crippen LogP contribution in [-0.4, -0.2) is 54.6 Å². The topological polar surface area (TPSA) is 35.6 Å². The number of urea groups is 1. The van der Waals surface area contributed by atoms with Crippen molar-refractivity contribution in [3.05, 3.63) is 0 Å². The zero-order chi connectivity index (χ0) is 11.5. The zero-order valence-electron chi connectivity index (χ0n) is 10.4. The first-order valence-electron chi connectivity index (χ1n) is 6.44. The van der Waals surface area contributed by atoms with E-state index < -0.39 is 0 Å². The number of hydrogen-bond acceptors (Lipinski definition) is 2. The van der Waals surface area contributed by atoms with Crippen molar-refractivity contribution in [2.75, 3.05) is 32.7 Å². The van der Waals surface area contributed by atoms with Crippen LogP contribution in [0.5, 0.6) is 0 Å². The summed E-state index contributed by atoms with van der Waals surface area (Å²) in [5, 5.41) is 3.36. The Morgan fingerprint density at radius 1 is 1.44 bits per heavy atom. The van der Waals surface area contributed by atoms with Gasteiger partial charge in [0.15, 0.2) is 0 Å². The molecule has 2 aliphatic heterocycles. The van der Waals surface area contributed by atoms with Crippen LogP contribution in [0, 0.1) is 5.92 Å². The van der Waals surface area contributed by atoms with Crippen LogP contribution in [0.15, 0.2) is 0 Å². The molecule has 2 fully saturated rings. The van der Waals surface area contributed by atoms with E-state index in [0.717, 1.165) is 45.6 Å². The minimum atomic E-state index is 0.262. The standard InChI is InChI=1S/C12H23N3O/c1-10(2)3-6-14-7-4-11-9-13-5-8-15(11)12(14)16/h10-11,13H,3-9H2,1-2H3. The summed E-state index contributed by atoms with van der Waals surface area (Å²) in [7, 11) is 0. The number of nitrogens with zero attached hydrogens (tertiary/aromatic N) is 2. The molecule has 1 unspecified atom stereocenters. The third kappa shape index (κ3) is 2.48. The summed E-state index contributed by atoms with van der Waals surface area (Å²) in [4.78, 5) is 16.3. The van der Waals surface area contributed by atoms with E-state index in [9.17, 15) is 4.79 Å². The molecular formula is C12H23N3O. The predicted octanol–water partition coefficient (Wildman–Crippen LogP) is 1.13. The van der Waals surface area contributed by atoms with E-state index in [-0.39, 0.29) is 6.03 Å². The van der Waals surface area contributed by atoms with Gasteiger partial charge in [-0.15, -0.1) is 0 Å². The lowest BCUT2D eigenvalue weighted by atomic mass is 10.1. The zero-order valence-corrected chi connectivity index (χ0v) is 10.4. The van der Waals surface area contributed by atoms with Gasteiger partial charge in [-0.05, 0) is 18.8 Å². The lowest BCUT2D eigenvalue weighted by molar-refractivity contribution is 0.0841. The molecule has 0 spiro atoms. The molecule has 0 aliphatic carbocycles. The maximum Gasteiger partial charge on any atom is 0.320 e. The van der Waals surface area contributed by atoms with Gasteiger partial charge in [0, 0.05) is 38.8 Å². The Labute approximate surface area is 98.0 Å². The molecule has 16 heavy (non-hydrogen) atoms. The van der Waals surface area contributed by atoms with Gasteiger partial charge in [0.25, 0.3) is 0 Å². The molecule has 0 aromatic rings. The highest BCUT2D eigenvalue weighted by atomic mass is 16.2. The van der Waals surface area contributed by atoms with E-state index in [1.54, 1.807) is 0 Å². The van der Waals surface area contributed by atoms with Gasteiger partial charge in [0.05, 0.1) is 0 Å². The fourth-order valence-corrected chi connectivity index (χ4v) is 2.47. The monoisotopic (exact) mass is 225 g/mol. The van der Waals surface area contributed by atoms with Crippen LogP contribution in [0.4, 0.5) is 4.79 Å². The molecule has 4 nitrogen and oxygen atoms in total. The fraction of sp³-hybridized carbons (Fsp3) is 0.917. The lowest BCUT2D eigenvalue weighted by Crippen LogP contribution is -2.61. The minimum Gasteiger partial charge on any atom is -0.325 e. The normalized spacial score (nSPS) is 26.2. The number of piperazine rings is 1. The van der Waals surface area contributed by atoms with Crippen LogP contribution in [0.3, 0.4) is 0 Å². The van der Waals surface area contributed by atoms with E-state index in [0.29, 0.717) is 12.0 Å². The van der Waals surface area contributed by atoms with Gasteiger partial charge in [-0.3, -0.25) is 0 Å². The highest BCUT2D eigenvalue weighted by Crippen LogP contribution is 2.18. The van der Waals surface area contributed by atoms with Gasteiger partial charge >= 0.3 is 6.03 Å². The summed E-state index contributed by atoms with van der Waals surface area (Å²) in [6.45, 7) is 9.08. The molecule has 2 heterocycles. The van der Waals surface area contributed by atoms with E-state index in [4.69, 9.17) is 0 Å². The number of carbonyl (C=O) groups excluding carboxylic acids is 1. The number of nitrogens with one attached hydrogen (secondary N) is 1. The van der Waals surface area contributed by atoms with Crippen molar-refractivity contribution in [1.82, 2.24) is 15.1 Å². The van der Waals surface area contributed by atoms with Crippen LogP contribution in [-0.2, 0) is 0 Å². The minimum absolute atomic E-state index is 0.262. The Kier molecular flexibility index (Phi) is 3.69. The summed E-state index contributed by atoms with van der Waals surface area (Å²) in [5.74, 6) is 0.675. The molecule has 0 radical (unpaired) electrons. The van der Waals surface area contributed by atoms with Crippen LogP contribution in [0.1, 0.15) is 26.7 Å². The molecule has 0 aromatic carbocycles. The van der Waals surface area contributed by atoms with Crippen LogP contribution in [0.25, 0.3) is 0 Å². The Hall–Kier alpha value is -0.770. The van der Waals surface area contributed by atoms with E-state index in [1.807, 2.05) is 4.90 Å². The Balaban J connectivity index is 1.90. The molecule has 0 aromatic heterocycles. The Bertz CT molecular complexity index is 255. The van der Waals surface area contributed by atoms with Crippen LogP contribution >= 0.6 is 0 Å². The molecule has 1 atom stereocenters. The number of fused-ring (bicyclic) bond motifs is 1. The molecule has 2 amide bonds. The Morgan fingerprint density at radius 3 is 3.00 bits per heavy atom. The van der Waals surface area contributed by atoms with Crippen molar-refractivity contribution >= 4 is 6.03 Å². The van der Waals surface area contributed by atoms with Crippen molar-refractivity contribution in [3.8, 4) is 0 Å². The number of carbonyl (C=O) groups is 1. The second-order valence-corrected chi connectivity index (χ2v) is 5.29. The van der Waals surface area contributed by atoms with Crippen molar-refractivity contribution in [2.24, 2.45) is 5.92 Å². The van der Waals surface area contributed by atoms with Crippen molar-refractivity contribution in [3.63, 3.8) is 0 Å². The highest BCUT2D eigenvalue weighted by Gasteiger charge is 2.34. The highest BCUT2D eigenvalue weighted by molar-refractivity contribution is 5.75. The second kappa shape index (κ2) is 5.04. The predicted molar refractivity (Wildman–Crippen MR) is 64.4 cm³/mol. The summed E-state index contributed by atoms with van der Waals surface area (Å²) in [6.07, 6.45) is 2.24. The maximum atomic E-state index is 12.2. The first kappa shape index (κ1) is 11.7. The summed E-state index contributed by atoms with van der Waals surface area (Å²) in [6, 6.07) is 0.704. The second-order valence-electron chi connectivity index (χ2n) is 5.29. The molecular weight excluding hydrogens is 202 g/mol. The van der Waals surface area contributed by atoms with Crippen molar-refractivity contribution in [1.29, 1.82) is 0 Å². The van der Waals surface area contributed by atoms with Gasteiger partial charge < -0.3 is 15.1 Å². The summed E-state index contributed by atoms with van der Waals surface area (Å²) in [5.41, 5.74) is 0. The Morgan fingerprint density at radius 2 is 2.25 bits per heavy atom. The van der Waals surface area contributed by atoms with Crippen molar-refractivity contribution in [2.45, 2.75) is 32.7 Å². The number of amides is 2. The quantitative estimate of drug-likeness (QED) is 0.781. The third-order valence-corrected chi connectivity index (χ3v) is 3.58. The summed E-state index contributed by atoms with van der Waals surface area (Å²) >= 11 is 0. The first-order valence-corrected chi connectivity index (χ1v) is 6.44. The first-order chi connectivity index (χ1) is 7.68. The van der Waals surface area contributed by atoms with E-state index >= 15 is 0 Å². The van der Waals surface area contributed by atoms with Gasteiger partial charge in [-0.25, -0.2) is 4.79 Å². The SMILES string of the molecule is CC(C)CCN1CCC2CNCCN2C1=O. The largest absolute Gasteiger partial charge is 0.325 e. The smallest absolute Gasteiger partial charge is 0.320 e. The molecule has 1 N–H and O–H groups in total. The molecule has 0 saturated carbocycles. The molecule has 2 saturated heterocycles. The third-order valence-electron chi connectivity index (χ3n) is 3.58. The van der Waals surface area contributed by atoms with E-state index in [2.05, 4.69) is 24.1 Å². The molecule has 4 heteroatoms. The van der Waals surface area contributed by atoms with E-state index in [1.165, 1.54) is 0 Å². The molecule has 92 valence electrons. The fourth-order valence-electron chi connectivity index (χ4n) is 2.47. The number of hydrogen-bond donors (Lipinski definition) is 1. The number of rotatable bonds is 3. The molecule has 2 rings (SSSR count). The summed E-state index contributed by atoms with van der Waals surface area (Å²) < 4.78 is 0. The van der Waals surface area contributed by atoms with Crippen LogP contribution < -0.4 is 5.32 Å². The van der Waals surface area contributed by atoms with Gasteiger partial charge in [0.2, 0.25) is 0 Å². The average Bonchev–Trinajstić information content (AvgIpc) is 2.28. The van der Waals surface area contributed by atoms with Gasteiger partial charge in [-0.2, -0.15) is 0 Å². The van der Waals surface area contributed by atoms with Gasteiger partial charge in [0.1, 0.15) is 0 Å². The maximum absolute atomic E-state index is 12.2. The molecule has 0 bridgehead atoms. The lowest BCUT2D eigenvalue weighted by Gasteiger charge is -2.44. The average molecular weight is 225 g/mol. The molecule has 2 aliphatic rings. The van der Waals surface area contributed by atoms with Crippen molar-refractivity contribution < 1.29 is 4.79 Å².